The van der Waals surface area contributed by atoms with Crippen molar-refractivity contribution in [2.75, 3.05) is 0 Å². The Hall–Kier alpha value is -5.67. The number of rotatable bonds is 3. The number of para-hydroxylation sites is 2. The largest absolute Gasteiger partial charge is 0.317 e. The molecule has 0 N–H and O–H groups in total. The maximum atomic E-state index is 4.49. The summed E-state index contributed by atoms with van der Waals surface area (Å²) in [7, 11) is 0. The van der Waals surface area contributed by atoms with Gasteiger partial charge in [-0.3, -0.25) is 4.98 Å². The molecule has 0 bridgehead atoms. The Morgan fingerprint density at radius 1 is 0.429 bits per heavy atom. The Kier molecular flexibility index (Phi) is 4.90. The molecule has 0 fully saturated rings. The minimum Gasteiger partial charge on any atom is -0.317 e. The van der Waals surface area contributed by atoms with Crippen LogP contribution in [0, 0.1) is 0 Å². The Bertz CT molecular complexity index is 2440. The van der Waals surface area contributed by atoms with E-state index in [9.17, 15) is 0 Å². The van der Waals surface area contributed by atoms with Gasteiger partial charge in [0.15, 0.2) is 0 Å². The van der Waals surface area contributed by atoms with Crippen LogP contribution >= 0.6 is 0 Å². The fraction of sp³-hybridized carbons (Fsp3) is 0. The number of fused-ring (bicyclic) bond motifs is 7. The summed E-state index contributed by atoms with van der Waals surface area (Å²) < 4.78 is 4.68. The van der Waals surface area contributed by atoms with Gasteiger partial charge in [0.25, 0.3) is 0 Å². The van der Waals surface area contributed by atoms with Gasteiger partial charge in [0.1, 0.15) is 0 Å². The van der Waals surface area contributed by atoms with Gasteiger partial charge >= 0.3 is 0 Å². The number of aromatic nitrogens is 3. The van der Waals surface area contributed by atoms with Crippen molar-refractivity contribution in [1.82, 2.24) is 14.1 Å². The Morgan fingerprint density at radius 3 is 2.07 bits per heavy atom. The Labute approximate surface area is 242 Å². The molecule has 9 rings (SSSR count). The van der Waals surface area contributed by atoms with E-state index >= 15 is 0 Å². The molecule has 3 heterocycles. The molecule has 3 aromatic heterocycles. The first kappa shape index (κ1) is 23.1. The second-order valence-corrected chi connectivity index (χ2v) is 10.9. The van der Waals surface area contributed by atoms with Crippen LogP contribution in [0.15, 0.2) is 152 Å². The third kappa shape index (κ3) is 3.37. The predicted molar refractivity (Wildman–Crippen MR) is 176 cm³/mol. The van der Waals surface area contributed by atoms with Crippen LogP contribution in [-0.2, 0) is 0 Å². The van der Waals surface area contributed by atoms with E-state index in [1.54, 1.807) is 0 Å². The van der Waals surface area contributed by atoms with Gasteiger partial charge in [0.05, 0.1) is 16.6 Å². The lowest BCUT2D eigenvalue weighted by atomic mass is 10.0. The first-order chi connectivity index (χ1) is 20.8. The lowest BCUT2D eigenvalue weighted by molar-refractivity contribution is 1.13. The van der Waals surface area contributed by atoms with E-state index in [0.29, 0.717) is 0 Å². The van der Waals surface area contributed by atoms with Crippen molar-refractivity contribution < 1.29 is 0 Å². The van der Waals surface area contributed by atoms with Gasteiger partial charge in [-0.2, -0.15) is 0 Å². The number of pyridine rings is 1. The van der Waals surface area contributed by atoms with Gasteiger partial charge in [0.2, 0.25) is 0 Å². The summed E-state index contributed by atoms with van der Waals surface area (Å²) in [5, 5.41) is 8.69. The standard InChI is InChI=1S/C39H25N3/c1-2-9-30(10-3-1)42-38-13-7-6-12-32(38)35-22-27-16-19-37-33(34(27)23-39(35)42)20-21-41(37)29-17-14-26(15-18-29)36-25-40-24-28-8-4-5-11-31(28)36/h1-25H. The van der Waals surface area contributed by atoms with Crippen LogP contribution in [0.3, 0.4) is 0 Å². The van der Waals surface area contributed by atoms with Crippen molar-refractivity contribution in [2.24, 2.45) is 0 Å². The summed E-state index contributed by atoms with van der Waals surface area (Å²) >= 11 is 0. The molecule has 3 heteroatoms. The van der Waals surface area contributed by atoms with Gasteiger partial charge < -0.3 is 9.13 Å². The molecule has 3 nitrogen and oxygen atoms in total. The zero-order valence-electron chi connectivity index (χ0n) is 22.8. The summed E-state index contributed by atoms with van der Waals surface area (Å²) in [6.07, 6.45) is 6.08. The topological polar surface area (TPSA) is 22.8 Å². The number of hydrogen-bond acceptors (Lipinski definition) is 1. The zero-order valence-corrected chi connectivity index (χ0v) is 22.8. The van der Waals surface area contributed by atoms with Gasteiger partial charge in [-0.05, 0) is 76.3 Å². The van der Waals surface area contributed by atoms with Gasteiger partial charge in [-0.1, -0.05) is 78.9 Å². The second kappa shape index (κ2) is 8.92. The molecule has 196 valence electrons. The Morgan fingerprint density at radius 2 is 1.19 bits per heavy atom. The van der Waals surface area contributed by atoms with Crippen LogP contribution in [0.5, 0.6) is 0 Å². The normalized spacial score (nSPS) is 11.8. The lowest BCUT2D eigenvalue weighted by Gasteiger charge is -2.10. The average Bonchev–Trinajstić information content (AvgIpc) is 3.63. The van der Waals surface area contributed by atoms with Crippen molar-refractivity contribution in [3.05, 3.63) is 152 Å². The highest BCUT2D eigenvalue weighted by Gasteiger charge is 2.15. The van der Waals surface area contributed by atoms with E-state index in [1.165, 1.54) is 60.1 Å². The third-order valence-corrected chi connectivity index (χ3v) is 8.62. The summed E-state index contributed by atoms with van der Waals surface area (Å²) in [6, 6.07) is 48.1. The smallest absolute Gasteiger partial charge is 0.0547 e. The van der Waals surface area contributed by atoms with Crippen LogP contribution in [0.4, 0.5) is 0 Å². The molecule has 0 saturated carbocycles. The molecule has 0 atom stereocenters. The van der Waals surface area contributed by atoms with E-state index in [-0.39, 0.29) is 0 Å². The van der Waals surface area contributed by atoms with E-state index in [2.05, 4.69) is 154 Å². The highest BCUT2D eigenvalue weighted by atomic mass is 15.0. The van der Waals surface area contributed by atoms with Crippen LogP contribution in [0.2, 0.25) is 0 Å². The lowest BCUT2D eigenvalue weighted by Crippen LogP contribution is -1.93. The van der Waals surface area contributed by atoms with Crippen LogP contribution in [0.1, 0.15) is 0 Å². The number of hydrogen-bond donors (Lipinski definition) is 0. The molecule has 42 heavy (non-hydrogen) atoms. The molecule has 0 radical (unpaired) electrons. The van der Waals surface area contributed by atoms with Crippen LogP contribution < -0.4 is 0 Å². The monoisotopic (exact) mass is 535 g/mol. The molecule has 6 aromatic carbocycles. The molecule has 0 unspecified atom stereocenters. The second-order valence-electron chi connectivity index (χ2n) is 10.9. The minimum absolute atomic E-state index is 1.14. The SMILES string of the molecule is c1ccc(-n2c3ccccc3c3cc4ccc5c(ccn5-c5ccc(-c6cncc7ccccc67)cc5)c4cc32)cc1. The van der Waals surface area contributed by atoms with Gasteiger partial charge in [-0.25, -0.2) is 0 Å². The first-order valence-corrected chi connectivity index (χ1v) is 14.3. The van der Waals surface area contributed by atoms with Crippen molar-refractivity contribution in [2.45, 2.75) is 0 Å². The minimum atomic E-state index is 1.14. The molecular weight excluding hydrogens is 510 g/mol. The zero-order chi connectivity index (χ0) is 27.6. The van der Waals surface area contributed by atoms with E-state index in [0.717, 1.165) is 16.6 Å². The molecule has 0 aliphatic carbocycles. The predicted octanol–water partition coefficient (Wildman–Crippen LogP) is 10.1. The maximum Gasteiger partial charge on any atom is 0.0547 e. The summed E-state index contributed by atoms with van der Waals surface area (Å²) in [5.74, 6) is 0. The molecule has 0 spiro atoms. The summed E-state index contributed by atoms with van der Waals surface area (Å²) in [6.45, 7) is 0. The third-order valence-electron chi connectivity index (χ3n) is 8.62. The van der Waals surface area contributed by atoms with E-state index in [1.807, 2.05) is 12.4 Å². The quantitative estimate of drug-likeness (QED) is 0.221. The Balaban J connectivity index is 1.21. The molecule has 0 saturated heterocycles. The van der Waals surface area contributed by atoms with Gasteiger partial charge in [0, 0.05) is 57.1 Å². The number of nitrogens with zero attached hydrogens (tertiary/aromatic N) is 3. The fourth-order valence-corrected chi connectivity index (χ4v) is 6.64. The average molecular weight is 536 g/mol. The molecule has 9 aromatic rings. The van der Waals surface area contributed by atoms with Crippen LogP contribution in [0.25, 0.3) is 76.8 Å². The highest BCUT2D eigenvalue weighted by molar-refractivity contribution is 6.18. The highest BCUT2D eigenvalue weighted by Crippen LogP contribution is 2.38. The van der Waals surface area contributed by atoms with Crippen molar-refractivity contribution in [3.63, 3.8) is 0 Å². The van der Waals surface area contributed by atoms with Gasteiger partial charge in [-0.15, -0.1) is 0 Å². The molecular formula is C39H25N3. The summed E-state index contributed by atoms with van der Waals surface area (Å²) in [5.41, 5.74) is 8.29. The number of benzene rings is 6. The van der Waals surface area contributed by atoms with Crippen molar-refractivity contribution in [1.29, 1.82) is 0 Å². The fourth-order valence-electron chi connectivity index (χ4n) is 6.64. The molecule has 0 aliphatic rings. The van der Waals surface area contributed by atoms with Crippen molar-refractivity contribution in [3.8, 4) is 22.5 Å². The molecule has 0 amide bonds. The summed E-state index contributed by atoms with van der Waals surface area (Å²) in [4.78, 5) is 4.49. The van der Waals surface area contributed by atoms with Crippen LogP contribution in [-0.4, -0.2) is 14.1 Å². The maximum absolute atomic E-state index is 4.49. The van der Waals surface area contributed by atoms with E-state index < -0.39 is 0 Å². The molecule has 0 aliphatic heterocycles. The van der Waals surface area contributed by atoms with E-state index in [4.69, 9.17) is 0 Å². The van der Waals surface area contributed by atoms with Crippen molar-refractivity contribution >= 4 is 54.3 Å². The first-order valence-electron chi connectivity index (χ1n) is 14.3.